The van der Waals surface area contributed by atoms with E-state index >= 15 is 0 Å². The first-order valence-electron chi connectivity index (χ1n) is 9.77. The molecule has 0 atom stereocenters. The molecular formula is C22H19F7N4O. The lowest BCUT2D eigenvalue weighted by molar-refractivity contribution is -0.274. The summed E-state index contributed by atoms with van der Waals surface area (Å²) in [6, 6.07) is 8.54. The van der Waals surface area contributed by atoms with Gasteiger partial charge in [-0.15, -0.1) is 13.2 Å². The number of benzene rings is 2. The fourth-order valence-electron chi connectivity index (χ4n) is 2.92. The molecule has 3 rings (SSSR count). The van der Waals surface area contributed by atoms with Gasteiger partial charge in [0.15, 0.2) is 0 Å². The first-order valence-corrected chi connectivity index (χ1v) is 9.77. The van der Waals surface area contributed by atoms with E-state index in [1.807, 2.05) is 0 Å². The number of nitrogens with one attached hydrogen (secondary N) is 2. The van der Waals surface area contributed by atoms with E-state index in [-0.39, 0.29) is 23.0 Å². The summed E-state index contributed by atoms with van der Waals surface area (Å²) in [5.41, 5.74) is -2.46. The van der Waals surface area contributed by atoms with Crippen LogP contribution in [0.3, 0.4) is 0 Å². The third-order valence-corrected chi connectivity index (χ3v) is 4.15. The van der Waals surface area contributed by atoms with Gasteiger partial charge in [-0.1, -0.05) is 18.2 Å². The second-order valence-corrected chi connectivity index (χ2v) is 8.20. The largest absolute Gasteiger partial charge is 0.573 e. The molecule has 0 fully saturated rings. The first-order chi connectivity index (χ1) is 15.6. The van der Waals surface area contributed by atoms with Crippen molar-refractivity contribution in [2.24, 2.45) is 0 Å². The summed E-state index contributed by atoms with van der Waals surface area (Å²) in [5.74, 6) is -1.94. The van der Waals surface area contributed by atoms with Crippen molar-refractivity contribution in [1.29, 1.82) is 0 Å². The smallest absolute Gasteiger partial charge is 0.406 e. The Kier molecular flexibility index (Phi) is 6.63. The monoisotopic (exact) mass is 488 g/mol. The number of rotatable bonds is 5. The zero-order chi connectivity index (χ0) is 25.3. The van der Waals surface area contributed by atoms with Crippen LogP contribution in [0.4, 0.5) is 48.2 Å². The van der Waals surface area contributed by atoms with Gasteiger partial charge in [-0.05, 0) is 45.0 Å². The molecular weight excluding hydrogens is 469 g/mol. The number of alkyl halides is 6. The molecule has 182 valence electrons. The Hall–Kier alpha value is -3.57. The van der Waals surface area contributed by atoms with Crippen molar-refractivity contribution in [3.63, 3.8) is 0 Å². The summed E-state index contributed by atoms with van der Waals surface area (Å²) < 4.78 is 96.3. The molecule has 0 bridgehead atoms. The quantitative estimate of drug-likeness (QED) is 0.374. The van der Waals surface area contributed by atoms with Crippen LogP contribution in [0.1, 0.15) is 26.3 Å². The van der Waals surface area contributed by atoms with Crippen LogP contribution >= 0.6 is 0 Å². The highest BCUT2D eigenvalue weighted by Gasteiger charge is 2.35. The number of para-hydroxylation sites is 1. The van der Waals surface area contributed by atoms with Crippen LogP contribution in [0, 0.1) is 5.82 Å². The molecule has 0 saturated carbocycles. The molecule has 1 heterocycles. The van der Waals surface area contributed by atoms with Gasteiger partial charge in [0, 0.05) is 17.2 Å². The number of hydrogen-bond donors (Lipinski definition) is 2. The predicted octanol–water partition coefficient (Wildman–Crippen LogP) is 7.15. The molecule has 0 radical (unpaired) electrons. The van der Waals surface area contributed by atoms with Crippen molar-refractivity contribution in [3.05, 3.63) is 59.9 Å². The minimum Gasteiger partial charge on any atom is -0.406 e. The number of anilines is 3. The molecule has 0 aliphatic carbocycles. The van der Waals surface area contributed by atoms with Gasteiger partial charge in [0.25, 0.3) is 0 Å². The molecule has 0 unspecified atom stereocenters. The maximum Gasteiger partial charge on any atom is 0.573 e. The van der Waals surface area contributed by atoms with E-state index in [2.05, 4.69) is 25.3 Å². The van der Waals surface area contributed by atoms with E-state index in [9.17, 15) is 30.7 Å². The van der Waals surface area contributed by atoms with E-state index in [1.165, 1.54) is 18.2 Å². The fraction of sp³-hybridized carbons (Fsp3) is 0.273. The van der Waals surface area contributed by atoms with E-state index in [1.54, 1.807) is 20.8 Å². The Balaban J connectivity index is 2.10. The Morgan fingerprint density at radius 2 is 1.53 bits per heavy atom. The Morgan fingerprint density at radius 1 is 0.853 bits per heavy atom. The van der Waals surface area contributed by atoms with Crippen LogP contribution in [0.5, 0.6) is 5.75 Å². The van der Waals surface area contributed by atoms with Gasteiger partial charge in [-0.3, -0.25) is 0 Å². The molecule has 2 N–H and O–H groups in total. The lowest BCUT2D eigenvalue weighted by atomic mass is 10.1. The van der Waals surface area contributed by atoms with Gasteiger partial charge >= 0.3 is 12.5 Å². The van der Waals surface area contributed by atoms with Crippen LogP contribution in [-0.4, -0.2) is 21.9 Å². The fourth-order valence-corrected chi connectivity index (χ4v) is 2.92. The van der Waals surface area contributed by atoms with Gasteiger partial charge in [-0.2, -0.15) is 18.2 Å². The van der Waals surface area contributed by atoms with E-state index < -0.39 is 40.9 Å². The maximum atomic E-state index is 14.3. The average molecular weight is 488 g/mol. The molecule has 3 aromatic rings. The molecule has 0 aliphatic rings. The summed E-state index contributed by atoms with van der Waals surface area (Å²) in [6.45, 7) is 5.31. The van der Waals surface area contributed by atoms with Crippen LogP contribution < -0.4 is 15.4 Å². The standard InChI is InChI=1S/C22H19F7N4O/c1-20(2,3)33-19-30-16(12-6-4-7-13(10-12)34-22(27,28)29)11-17(32-19)31-18-14(21(24,25)26)8-5-9-15(18)23/h4-11H,1-3H3,(H2,30,31,32,33). The van der Waals surface area contributed by atoms with Gasteiger partial charge in [0.1, 0.15) is 17.4 Å². The number of halogens is 7. The Morgan fingerprint density at radius 3 is 2.15 bits per heavy atom. The average Bonchev–Trinajstić information content (AvgIpc) is 2.66. The molecule has 5 nitrogen and oxygen atoms in total. The van der Waals surface area contributed by atoms with Crippen molar-refractivity contribution in [2.45, 2.75) is 38.8 Å². The van der Waals surface area contributed by atoms with Crippen LogP contribution in [0.15, 0.2) is 48.5 Å². The van der Waals surface area contributed by atoms with Gasteiger partial charge in [-0.25, -0.2) is 9.37 Å². The van der Waals surface area contributed by atoms with Crippen molar-refractivity contribution < 1.29 is 35.5 Å². The van der Waals surface area contributed by atoms with Crippen LogP contribution in [0.2, 0.25) is 0 Å². The van der Waals surface area contributed by atoms with Crippen molar-refractivity contribution >= 4 is 17.5 Å². The molecule has 0 spiro atoms. The first kappa shape index (κ1) is 25.1. The highest BCUT2D eigenvalue weighted by atomic mass is 19.4. The number of hydrogen-bond acceptors (Lipinski definition) is 5. The van der Waals surface area contributed by atoms with E-state index in [4.69, 9.17) is 0 Å². The molecule has 0 aliphatic heterocycles. The number of ether oxygens (including phenoxy) is 1. The summed E-state index contributed by atoms with van der Waals surface area (Å²) in [5, 5.41) is 5.28. The second kappa shape index (κ2) is 8.99. The molecule has 0 amide bonds. The molecule has 1 aromatic heterocycles. The SMILES string of the molecule is CC(C)(C)Nc1nc(Nc2c(F)cccc2C(F)(F)F)cc(-c2cccc(OC(F)(F)F)c2)n1. The summed E-state index contributed by atoms with van der Waals surface area (Å²) in [4.78, 5) is 8.35. The van der Waals surface area contributed by atoms with E-state index in [0.717, 1.165) is 24.3 Å². The molecule has 34 heavy (non-hydrogen) atoms. The second-order valence-electron chi connectivity index (χ2n) is 8.20. The highest BCUT2D eigenvalue weighted by molar-refractivity contribution is 5.70. The summed E-state index contributed by atoms with van der Waals surface area (Å²) in [6.07, 6.45) is -9.77. The molecule has 0 saturated heterocycles. The number of aromatic nitrogens is 2. The lowest BCUT2D eigenvalue weighted by Crippen LogP contribution is -2.27. The van der Waals surface area contributed by atoms with E-state index in [0.29, 0.717) is 6.07 Å². The molecule has 12 heteroatoms. The minimum absolute atomic E-state index is 0.0421. The zero-order valence-electron chi connectivity index (χ0n) is 18.1. The van der Waals surface area contributed by atoms with Crippen LogP contribution in [-0.2, 0) is 6.18 Å². The summed E-state index contributed by atoms with van der Waals surface area (Å²) in [7, 11) is 0. The topological polar surface area (TPSA) is 59.1 Å². The third kappa shape index (κ3) is 6.72. The normalized spacial score (nSPS) is 12.4. The van der Waals surface area contributed by atoms with Crippen LogP contribution in [0.25, 0.3) is 11.3 Å². The van der Waals surface area contributed by atoms with Crippen molar-refractivity contribution in [1.82, 2.24) is 9.97 Å². The summed E-state index contributed by atoms with van der Waals surface area (Å²) >= 11 is 0. The minimum atomic E-state index is -4.92. The highest BCUT2D eigenvalue weighted by Crippen LogP contribution is 2.38. The third-order valence-electron chi connectivity index (χ3n) is 4.15. The Bertz CT molecular complexity index is 1170. The van der Waals surface area contributed by atoms with Crippen molar-refractivity contribution in [3.8, 4) is 17.0 Å². The number of nitrogens with zero attached hydrogens (tertiary/aromatic N) is 2. The van der Waals surface area contributed by atoms with Crippen molar-refractivity contribution in [2.75, 3.05) is 10.6 Å². The zero-order valence-corrected chi connectivity index (χ0v) is 18.1. The van der Waals surface area contributed by atoms with Gasteiger partial charge < -0.3 is 15.4 Å². The van der Waals surface area contributed by atoms with Gasteiger partial charge in [0.2, 0.25) is 5.95 Å². The van der Waals surface area contributed by atoms with Gasteiger partial charge in [0.05, 0.1) is 16.9 Å². The lowest BCUT2D eigenvalue weighted by Gasteiger charge is -2.22. The predicted molar refractivity (Wildman–Crippen MR) is 112 cm³/mol. The maximum absolute atomic E-state index is 14.3. The Labute approximate surface area is 190 Å². The molecule has 2 aromatic carbocycles.